The van der Waals surface area contributed by atoms with Gasteiger partial charge in [-0.25, -0.2) is 9.67 Å². The molecule has 0 aliphatic heterocycles. The molecule has 0 bridgehead atoms. The molecule has 3 heterocycles. The lowest BCUT2D eigenvalue weighted by Crippen LogP contribution is -2.06. The minimum Gasteiger partial charge on any atom is -0.294 e. The van der Waals surface area contributed by atoms with Gasteiger partial charge in [0.2, 0.25) is 0 Å². The number of ketones is 1. The van der Waals surface area contributed by atoms with Gasteiger partial charge in [0.1, 0.15) is 12.2 Å². The van der Waals surface area contributed by atoms with Crippen molar-refractivity contribution in [2.75, 3.05) is 0 Å². The molecule has 7 heteroatoms. The van der Waals surface area contributed by atoms with Crippen LogP contribution in [0.2, 0.25) is 0 Å². The van der Waals surface area contributed by atoms with Crippen LogP contribution in [0.15, 0.2) is 55.2 Å². The van der Waals surface area contributed by atoms with Crippen LogP contribution in [0.5, 0.6) is 0 Å². The predicted octanol–water partition coefficient (Wildman–Crippen LogP) is 3.86. The average molecular weight is 398 g/mol. The van der Waals surface area contributed by atoms with Crippen LogP contribution in [-0.2, 0) is 6.42 Å². The summed E-state index contributed by atoms with van der Waals surface area (Å²) < 4.78 is 1.72. The second kappa shape index (κ2) is 8.32. The SMILES string of the molecule is Cc1ccc(-c2cc(C(=O)CCc3cnc(C)cn3)cc(-n3ncnc3C)c2)nc1. The number of carbonyl (C=O) groups is 1. The number of carbonyl (C=O) groups excluding carboxylic acids is 1. The van der Waals surface area contributed by atoms with E-state index in [2.05, 4.69) is 25.0 Å². The van der Waals surface area contributed by atoms with Gasteiger partial charge in [0.15, 0.2) is 5.78 Å². The van der Waals surface area contributed by atoms with Crippen LogP contribution >= 0.6 is 0 Å². The van der Waals surface area contributed by atoms with Gasteiger partial charge in [-0.15, -0.1) is 0 Å². The highest BCUT2D eigenvalue weighted by Gasteiger charge is 2.14. The smallest absolute Gasteiger partial charge is 0.163 e. The number of pyridine rings is 1. The second-order valence-corrected chi connectivity index (χ2v) is 7.28. The Morgan fingerprint density at radius 2 is 1.80 bits per heavy atom. The number of benzene rings is 1. The third-order valence-electron chi connectivity index (χ3n) is 4.85. The van der Waals surface area contributed by atoms with E-state index in [9.17, 15) is 4.79 Å². The zero-order chi connectivity index (χ0) is 21.1. The van der Waals surface area contributed by atoms with E-state index in [0.29, 0.717) is 18.4 Å². The molecule has 1 aromatic carbocycles. The highest BCUT2D eigenvalue weighted by molar-refractivity contribution is 5.98. The summed E-state index contributed by atoms with van der Waals surface area (Å²) in [5.41, 5.74) is 5.80. The summed E-state index contributed by atoms with van der Waals surface area (Å²) in [6, 6.07) is 9.67. The van der Waals surface area contributed by atoms with E-state index < -0.39 is 0 Å². The Bertz CT molecular complexity index is 1180. The van der Waals surface area contributed by atoms with Crippen LogP contribution in [0, 0.1) is 20.8 Å². The summed E-state index contributed by atoms with van der Waals surface area (Å²) in [4.78, 5) is 30.3. The summed E-state index contributed by atoms with van der Waals surface area (Å²) in [5, 5.41) is 4.29. The average Bonchev–Trinajstić information content (AvgIpc) is 3.19. The van der Waals surface area contributed by atoms with E-state index in [0.717, 1.165) is 39.7 Å². The number of Topliss-reactive ketones (excluding diaryl/α,β-unsaturated/α-hetero) is 1. The van der Waals surface area contributed by atoms with E-state index in [1.165, 1.54) is 6.33 Å². The maximum Gasteiger partial charge on any atom is 0.163 e. The van der Waals surface area contributed by atoms with E-state index in [1.54, 1.807) is 17.1 Å². The molecule has 30 heavy (non-hydrogen) atoms. The van der Waals surface area contributed by atoms with Gasteiger partial charge >= 0.3 is 0 Å². The fourth-order valence-corrected chi connectivity index (χ4v) is 3.17. The minimum atomic E-state index is 0.0327. The number of hydrogen-bond donors (Lipinski definition) is 0. The lowest BCUT2D eigenvalue weighted by atomic mass is 10.00. The van der Waals surface area contributed by atoms with Crippen molar-refractivity contribution in [1.82, 2.24) is 29.7 Å². The molecule has 0 aliphatic carbocycles. The van der Waals surface area contributed by atoms with E-state index in [1.807, 2.05) is 57.3 Å². The van der Waals surface area contributed by atoms with E-state index in [4.69, 9.17) is 0 Å². The Kier molecular flexibility index (Phi) is 5.43. The van der Waals surface area contributed by atoms with Crippen molar-refractivity contribution in [3.63, 3.8) is 0 Å². The lowest BCUT2D eigenvalue weighted by molar-refractivity contribution is 0.0982. The molecule has 0 saturated heterocycles. The van der Waals surface area contributed by atoms with Crippen molar-refractivity contribution < 1.29 is 4.79 Å². The highest BCUT2D eigenvalue weighted by atomic mass is 16.1. The number of rotatable bonds is 6. The van der Waals surface area contributed by atoms with Crippen molar-refractivity contribution in [3.8, 4) is 16.9 Å². The zero-order valence-corrected chi connectivity index (χ0v) is 17.2. The first-order valence-corrected chi connectivity index (χ1v) is 9.75. The number of aryl methyl sites for hydroxylation is 4. The van der Waals surface area contributed by atoms with Gasteiger partial charge in [0.05, 0.1) is 22.8 Å². The molecule has 150 valence electrons. The molecule has 0 saturated carbocycles. The van der Waals surface area contributed by atoms with Crippen molar-refractivity contribution >= 4 is 5.78 Å². The molecule has 0 fully saturated rings. The third kappa shape index (κ3) is 4.30. The number of aromatic nitrogens is 6. The summed E-state index contributed by atoms with van der Waals surface area (Å²) in [6.45, 7) is 5.76. The van der Waals surface area contributed by atoms with Crippen molar-refractivity contribution in [2.24, 2.45) is 0 Å². The molecule has 3 aromatic heterocycles. The van der Waals surface area contributed by atoms with Crippen LogP contribution in [0.25, 0.3) is 16.9 Å². The molecule has 0 spiro atoms. The minimum absolute atomic E-state index is 0.0327. The summed E-state index contributed by atoms with van der Waals surface area (Å²) in [7, 11) is 0. The summed E-state index contributed by atoms with van der Waals surface area (Å²) in [6.07, 6.45) is 7.65. The van der Waals surface area contributed by atoms with Crippen LogP contribution in [0.4, 0.5) is 0 Å². The second-order valence-electron chi connectivity index (χ2n) is 7.28. The Balaban J connectivity index is 1.68. The molecule has 4 aromatic rings. The number of nitrogens with zero attached hydrogens (tertiary/aromatic N) is 6. The molecule has 0 radical (unpaired) electrons. The molecule has 4 rings (SSSR count). The van der Waals surface area contributed by atoms with Crippen LogP contribution < -0.4 is 0 Å². The Hall–Kier alpha value is -3.74. The third-order valence-corrected chi connectivity index (χ3v) is 4.85. The lowest BCUT2D eigenvalue weighted by Gasteiger charge is -2.10. The van der Waals surface area contributed by atoms with Crippen LogP contribution in [0.1, 0.15) is 39.6 Å². The van der Waals surface area contributed by atoms with Gasteiger partial charge in [0.25, 0.3) is 0 Å². The van der Waals surface area contributed by atoms with Crippen molar-refractivity contribution in [1.29, 1.82) is 0 Å². The molecule has 0 amide bonds. The quantitative estimate of drug-likeness (QED) is 0.459. The van der Waals surface area contributed by atoms with Crippen LogP contribution in [-0.4, -0.2) is 35.5 Å². The van der Waals surface area contributed by atoms with E-state index in [-0.39, 0.29) is 5.78 Å². The van der Waals surface area contributed by atoms with Gasteiger partial charge < -0.3 is 0 Å². The van der Waals surface area contributed by atoms with Gasteiger partial charge in [-0.2, -0.15) is 5.10 Å². The van der Waals surface area contributed by atoms with Gasteiger partial charge in [0, 0.05) is 36.1 Å². The zero-order valence-electron chi connectivity index (χ0n) is 17.2. The first-order chi connectivity index (χ1) is 14.5. The van der Waals surface area contributed by atoms with Gasteiger partial charge in [-0.3, -0.25) is 19.7 Å². The topological polar surface area (TPSA) is 86.5 Å². The normalized spacial score (nSPS) is 10.9. The monoisotopic (exact) mass is 398 g/mol. The fraction of sp³-hybridized carbons (Fsp3) is 0.217. The molecular weight excluding hydrogens is 376 g/mol. The van der Waals surface area contributed by atoms with Gasteiger partial charge in [-0.05, 0) is 57.0 Å². The maximum absolute atomic E-state index is 13.0. The van der Waals surface area contributed by atoms with Crippen LogP contribution in [0.3, 0.4) is 0 Å². The molecule has 0 atom stereocenters. The van der Waals surface area contributed by atoms with E-state index >= 15 is 0 Å². The van der Waals surface area contributed by atoms with Gasteiger partial charge in [-0.1, -0.05) is 6.07 Å². The molecular formula is C23H22N6O. The fourth-order valence-electron chi connectivity index (χ4n) is 3.17. The predicted molar refractivity (Wildman–Crippen MR) is 113 cm³/mol. The molecule has 7 nitrogen and oxygen atoms in total. The molecule has 0 aliphatic rings. The Morgan fingerprint density at radius 3 is 2.47 bits per heavy atom. The van der Waals surface area contributed by atoms with Crippen molar-refractivity contribution in [3.05, 3.63) is 83.6 Å². The standard InChI is InChI=1S/C23H22N6O/c1-15-4-6-22(26-11-15)18-8-19(10-21(9-18)29-17(3)27-14-28-29)23(30)7-5-20-13-24-16(2)12-25-20/h4,6,8-14H,5,7H2,1-3H3. The molecule has 0 unspecified atom stereocenters. The first-order valence-electron chi connectivity index (χ1n) is 9.75. The highest BCUT2D eigenvalue weighted by Crippen LogP contribution is 2.24. The van der Waals surface area contributed by atoms with Crippen molar-refractivity contribution in [2.45, 2.75) is 33.6 Å². The summed E-state index contributed by atoms with van der Waals surface area (Å²) in [5.74, 6) is 0.780. The Morgan fingerprint density at radius 1 is 0.933 bits per heavy atom. The molecule has 0 N–H and O–H groups in total. The maximum atomic E-state index is 13.0. The largest absolute Gasteiger partial charge is 0.294 e. The summed E-state index contributed by atoms with van der Waals surface area (Å²) >= 11 is 0. The number of hydrogen-bond acceptors (Lipinski definition) is 6. The Labute approximate surface area is 174 Å². The first kappa shape index (κ1) is 19.6.